The van der Waals surface area contributed by atoms with Crippen molar-refractivity contribution in [2.45, 2.75) is 39.3 Å². The number of benzene rings is 1. The number of rotatable bonds is 3. The fraction of sp³-hybridized carbons (Fsp3) is 0.471. The Kier molecular flexibility index (Phi) is 4.25. The van der Waals surface area contributed by atoms with E-state index in [4.69, 9.17) is 14.9 Å². The maximum atomic E-state index is 14.9. The van der Waals surface area contributed by atoms with Crippen LogP contribution in [0.15, 0.2) is 21.5 Å². The predicted octanol–water partition coefficient (Wildman–Crippen LogP) is 1.86. The summed E-state index contributed by atoms with van der Waals surface area (Å²) in [6.07, 6.45) is -1.83. The van der Waals surface area contributed by atoms with E-state index in [0.717, 1.165) is 4.90 Å². The quantitative estimate of drug-likeness (QED) is 0.898. The minimum atomic E-state index is -1.07. The molecular weight excluding hydrogens is 343 g/mol. The summed E-state index contributed by atoms with van der Waals surface area (Å²) in [7, 11) is 0. The van der Waals surface area contributed by atoms with E-state index in [1.807, 2.05) is 27.7 Å². The number of aromatic nitrogens is 1. The fourth-order valence-corrected chi connectivity index (χ4v) is 2.93. The molecule has 0 bridgehead atoms. The molecule has 8 nitrogen and oxygen atoms in total. The molecule has 2 amide bonds. The van der Waals surface area contributed by atoms with Crippen LogP contribution in [0.2, 0.25) is 0 Å². The number of oxazole rings is 1. The van der Waals surface area contributed by atoms with Crippen LogP contribution in [0.4, 0.5) is 14.9 Å². The van der Waals surface area contributed by atoms with E-state index in [1.165, 1.54) is 12.1 Å². The zero-order chi connectivity index (χ0) is 19.2. The molecule has 1 aromatic heterocycles. The Morgan fingerprint density at radius 1 is 1.42 bits per heavy atom. The van der Waals surface area contributed by atoms with Gasteiger partial charge in [-0.15, -0.1) is 0 Å². The minimum absolute atomic E-state index is 0.0781. The SMILES string of the molecule is CC/N=c1/oc2cc(N3C[C@H](C(N)=O)OC3=O)cc(F)c2n1C(C)(C)C. The molecule has 140 valence electrons. The lowest BCUT2D eigenvalue weighted by molar-refractivity contribution is -0.124. The number of ether oxygens (including phenoxy) is 1. The topological polar surface area (TPSA) is 103 Å². The van der Waals surface area contributed by atoms with Gasteiger partial charge < -0.3 is 14.9 Å². The van der Waals surface area contributed by atoms with Gasteiger partial charge in [-0.3, -0.25) is 14.3 Å². The number of nitrogens with zero attached hydrogens (tertiary/aromatic N) is 3. The van der Waals surface area contributed by atoms with Gasteiger partial charge in [0.2, 0.25) is 0 Å². The Morgan fingerprint density at radius 3 is 2.65 bits per heavy atom. The summed E-state index contributed by atoms with van der Waals surface area (Å²) in [5.74, 6) is -1.32. The monoisotopic (exact) mass is 364 g/mol. The first-order valence-corrected chi connectivity index (χ1v) is 8.27. The second kappa shape index (κ2) is 6.15. The Labute approximate surface area is 149 Å². The second-order valence-electron chi connectivity index (χ2n) is 7.02. The number of halogens is 1. The average Bonchev–Trinajstić information content (AvgIpc) is 3.08. The number of amides is 2. The summed E-state index contributed by atoms with van der Waals surface area (Å²) in [6.45, 7) is 8.00. The highest BCUT2D eigenvalue weighted by Crippen LogP contribution is 2.30. The molecule has 2 N–H and O–H groups in total. The molecule has 2 heterocycles. The van der Waals surface area contributed by atoms with Gasteiger partial charge in [0.25, 0.3) is 11.6 Å². The third kappa shape index (κ3) is 2.93. The highest BCUT2D eigenvalue weighted by molar-refractivity contribution is 5.96. The van der Waals surface area contributed by atoms with Crippen molar-refractivity contribution in [3.05, 3.63) is 23.6 Å². The number of carbonyl (C=O) groups excluding carboxylic acids is 2. The lowest BCUT2D eigenvalue weighted by Gasteiger charge is -2.21. The standard InChI is InChI=1S/C17H21FN4O4/c1-5-20-15-22(17(2,3)4)13-10(18)6-9(7-11(13)25-15)21-8-12(14(19)23)26-16(21)24/h6-7,12H,5,8H2,1-4H3,(H2,19,23)/b20-15+/t12-/m1/s1. The van der Waals surface area contributed by atoms with E-state index in [1.54, 1.807) is 4.57 Å². The summed E-state index contributed by atoms with van der Waals surface area (Å²) >= 11 is 0. The van der Waals surface area contributed by atoms with Gasteiger partial charge >= 0.3 is 6.09 Å². The Balaban J connectivity index is 2.17. The van der Waals surface area contributed by atoms with Crippen molar-refractivity contribution in [2.75, 3.05) is 18.0 Å². The Bertz CT molecular complexity index is 954. The van der Waals surface area contributed by atoms with E-state index in [2.05, 4.69) is 4.99 Å². The molecule has 1 saturated heterocycles. The van der Waals surface area contributed by atoms with Crippen LogP contribution in [0.5, 0.6) is 0 Å². The van der Waals surface area contributed by atoms with Crippen molar-refractivity contribution in [3.8, 4) is 0 Å². The Hall–Kier alpha value is -2.84. The summed E-state index contributed by atoms with van der Waals surface area (Å²) in [6, 6.07) is 2.74. The van der Waals surface area contributed by atoms with Crippen LogP contribution < -0.4 is 16.3 Å². The Morgan fingerprint density at radius 2 is 2.12 bits per heavy atom. The van der Waals surface area contributed by atoms with Crippen LogP contribution in [0, 0.1) is 5.82 Å². The van der Waals surface area contributed by atoms with Crippen LogP contribution in [0.1, 0.15) is 27.7 Å². The molecule has 0 unspecified atom stereocenters. The number of nitrogens with two attached hydrogens (primary N) is 1. The largest absolute Gasteiger partial charge is 0.434 e. The van der Waals surface area contributed by atoms with Crippen LogP contribution in [0.25, 0.3) is 11.1 Å². The maximum absolute atomic E-state index is 14.9. The maximum Gasteiger partial charge on any atom is 0.415 e. The van der Waals surface area contributed by atoms with E-state index < -0.39 is 29.5 Å². The lowest BCUT2D eigenvalue weighted by atomic mass is 10.1. The van der Waals surface area contributed by atoms with Crippen LogP contribution in [-0.2, 0) is 15.1 Å². The van der Waals surface area contributed by atoms with Crippen molar-refractivity contribution in [1.29, 1.82) is 0 Å². The molecule has 0 radical (unpaired) electrons. The molecule has 26 heavy (non-hydrogen) atoms. The molecule has 0 aliphatic carbocycles. The number of carbonyl (C=O) groups is 2. The summed E-state index contributed by atoms with van der Waals surface area (Å²) in [5.41, 5.74) is 5.73. The van der Waals surface area contributed by atoms with Gasteiger partial charge in [-0.2, -0.15) is 0 Å². The molecule has 1 aliphatic heterocycles. The fourth-order valence-electron chi connectivity index (χ4n) is 2.93. The smallest absolute Gasteiger partial charge is 0.415 e. The zero-order valence-electron chi connectivity index (χ0n) is 15.1. The third-order valence-corrected chi connectivity index (χ3v) is 4.03. The summed E-state index contributed by atoms with van der Waals surface area (Å²) in [4.78, 5) is 28.7. The minimum Gasteiger partial charge on any atom is -0.434 e. The molecule has 0 saturated carbocycles. The van der Waals surface area contributed by atoms with Crippen molar-refractivity contribution in [2.24, 2.45) is 10.7 Å². The molecule has 1 aromatic carbocycles. The number of fused-ring (bicyclic) bond motifs is 1. The summed E-state index contributed by atoms with van der Waals surface area (Å²) in [5, 5.41) is 0. The second-order valence-corrected chi connectivity index (χ2v) is 7.02. The molecule has 1 fully saturated rings. The average molecular weight is 364 g/mol. The molecule has 1 aliphatic rings. The zero-order valence-corrected chi connectivity index (χ0v) is 15.1. The highest BCUT2D eigenvalue weighted by Gasteiger charge is 2.36. The molecule has 3 rings (SSSR count). The van der Waals surface area contributed by atoms with E-state index >= 15 is 0 Å². The van der Waals surface area contributed by atoms with Crippen molar-refractivity contribution >= 4 is 28.8 Å². The van der Waals surface area contributed by atoms with E-state index in [-0.39, 0.29) is 23.3 Å². The molecule has 2 aromatic rings. The van der Waals surface area contributed by atoms with Gasteiger partial charge in [-0.1, -0.05) is 0 Å². The first-order valence-electron chi connectivity index (χ1n) is 8.27. The van der Waals surface area contributed by atoms with Crippen LogP contribution >= 0.6 is 0 Å². The third-order valence-electron chi connectivity index (χ3n) is 4.03. The van der Waals surface area contributed by atoms with E-state index in [0.29, 0.717) is 12.2 Å². The van der Waals surface area contributed by atoms with E-state index in [9.17, 15) is 14.0 Å². The molecule has 1 atom stereocenters. The van der Waals surface area contributed by atoms with Gasteiger partial charge in [0.1, 0.15) is 5.52 Å². The molecule has 0 spiro atoms. The lowest BCUT2D eigenvalue weighted by Crippen LogP contribution is -2.32. The predicted molar refractivity (Wildman–Crippen MR) is 92.1 cm³/mol. The van der Waals surface area contributed by atoms with Crippen molar-refractivity contribution in [3.63, 3.8) is 0 Å². The van der Waals surface area contributed by atoms with Gasteiger partial charge in [-0.05, 0) is 27.7 Å². The van der Waals surface area contributed by atoms with Crippen molar-refractivity contribution in [1.82, 2.24) is 4.57 Å². The number of anilines is 1. The number of hydrogen-bond donors (Lipinski definition) is 1. The van der Waals surface area contributed by atoms with Crippen LogP contribution in [-0.4, -0.2) is 35.8 Å². The summed E-state index contributed by atoms with van der Waals surface area (Å²) < 4.78 is 27.3. The van der Waals surface area contributed by atoms with Gasteiger partial charge in [0.15, 0.2) is 17.5 Å². The van der Waals surface area contributed by atoms with Crippen molar-refractivity contribution < 1.29 is 23.1 Å². The number of hydrogen-bond acceptors (Lipinski definition) is 5. The van der Waals surface area contributed by atoms with Gasteiger partial charge in [0, 0.05) is 24.2 Å². The first-order chi connectivity index (χ1) is 12.1. The molecular formula is C17H21FN4O4. The first kappa shape index (κ1) is 18.0. The van der Waals surface area contributed by atoms with Gasteiger partial charge in [0.05, 0.1) is 12.2 Å². The normalized spacial score (nSPS) is 18.7. The van der Waals surface area contributed by atoms with Gasteiger partial charge in [-0.25, -0.2) is 14.2 Å². The molecule has 9 heteroatoms. The highest BCUT2D eigenvalue weighted by atomic mass is 19.1. The number of cyclic esters (lactones) is 1. The number of primary amides is 1. The van der Waals surface area contributed by atoms with Crippen LogP contribution in [0.3, 0.4) is 0 Å².